The Kier molecular flexibility index (Phi) is 7.64. The molecule has 2 aromatic rings. The van der Waals surface area contributed by atoms with E-state index < -0.39 is 11.7 Å². The van der Waals surface area contributed by atoms with Crippen LogP contribution in [0.5, 0.6) is 5.75 Å². The Morgan fingerprint density at radius 2 is 1.81 bits per heavy atom. The third-order valence-corrected chi connectivity index (χ3v) is 3.99. The second kappa shape index (κ2) is 9.94. The summed E-state index contributed by atoms with van der Waals surface area (Å²) >= 11 is 11.4. The van der Waals surface area contributed by atoms with E-state index in [0.717, 1.165) is 6.07 Å². The summed E-state index contributed by atoms with van der Waals surface area (Å²) in [5.74, 6) is -1.19. The highest BCUT2D eigenvalue weighted by Crippen LogP contribution is 2.20. The number of nitrogens with one attached hydrogen (secondary N) is 2. The number of hydrogen-bond donors (Lipinski definition) is 2. The molecule has 0 unspecified atom stereocenters. The Bertz CT molecular complexity index is 841. The molecule has 2 aromatic carbocycles. The number of halogens is 3. The van der Waals surface area contributed by atoms with Crippen molar-refractivity contribution in [2.75, 3.05) is 18.5 Å². The summed E-state index contributed by atoms with van der Waals surface area (Å²) in [7, 11) is 0. The number of carbonyl (C=O) groups excluding carboxylic acids is 2. The molecule has 8 heteroatoms. The summed E-state index contributed by atoms with van der Waals surface area (Å²) < 4.78 is 18.5. The maximum atomic E-state index is 13.3. The smallest absolute Gasteiger partial charge is 0.257 e. The Hall–Kier alpha value is -2.57. The van der Waals surface area contributed by atoms with Gasteiger partial charge in [-0.2, -0.15) is 0 Å². The summed E-state index contributed by atoms with van der Waals surface area (Å²) in [6.07, 6.45) is 0.265. The molecule has 0 spiro atoms. The van der Waals surface area contributed by atoms with Crippen LogP contribution in [0.25, 0.3) is 0 Å². The zero-order valence-electron chi connectivity index (χ0n) is 14.2. The molecule has 0 heterocycles. The second-order valence-electron chi connectivity index (χ2n) is 5.53. The normalized spacial score (nSPS) is 10.2. The molecule has 0 saturated carbocycles. The summed E-state index contributed by atoms with van der Waals surface area (Å²) in [6.45, 7) is 3.63. The second-order valence-corrected chi connectivity index (χ2v) is 6.37. The van der Waals surface area contributed by atoms with Crippen LogP contribution in [-0.2, 0) is 9.59 Å². The summed E-state index contributed by atoms with van der Waals surface area (Å²) in [5, 5.41) is 5.82. The molecule has 5 nitrogen and oxygen atoms in total. The summed E-state index contributed by atoms with van der Waals surface area (Å²) in [5.41, 5.74) is 0.907. The predicted molar refractivity (Wildman–Crippen MR) is 104 cm³/mol. The molecule has 0 aliphatic rings. The van der Waals surface area contributed by atoms with E-state index in [9.17, 15) is 14.0 Å². The Labute approximate surface area is 166 Å². The van der Waals surface area contributed by atoms with Crippen LogP contribution < -0.4 is 15.4 Å². The molecule has 0 aromatic heterocycles. The fourth-order valence-electron chi connectivity index (χ4n) is 1.99. The zero-order chi connectivity index (χ0) is 19.8. The predicted octanol–water partition coefficient (Wildman–Crippen LogP) is 4.21. The average Bonchev–Trinajstić information content (AvgIpc) is 2.64. The molecule has 0 saturated heterocycles. The van der Waals surface area contributed by atoms with Gasteiger partial charge in [-0.3, -0.25) is 9.59 Å². The van der Waals surface area contributed by atoms with Crippen LogP contribution in [0.4, 0.5) is 10.1 Å². The average molecular weight is 411 g/mol. The van der Waals surface area contributed by atoms with Crippen molar-refractivity contribution < 1.29 is 18.7 Å². The fourth-order valence-corrected chi connectivity index (χ4v) is 2.23. The van der Waals surface area contributed by atoms with E-state index in [2.05, 4.69) is 17.2 Å². The van der Waals surface area contributed by atoms with Gasteiger partial charge in [-0.15, -0.1) is 0 Å². The highest BCUT2D eigenvalue weighted by Gasteiger charge is 2.09. The lowest BCUT2D eigenvalue weighted by molar-refractivity contribution is -0.123. The maximum absolute atomic E-state index is 13.3. The van der Waals surface area contributed by atoms with Crippen LogP contribution in [0.15, 0.2) is 54.6 Å². The lowest BCUT2D eigenvalue weighted by Gasteiger charge is -2.10. The highest BCUT2D eigenvalue weighted by molar-refractivity contribution is 6.31. The van der Waals surface area contributed by atoms with Crippen molar-refractivity contribution in [3.63, 3.8) is 0 Å². The van der Waals surface area contributed by atoms with Crippen molar-refractivity contribution in [3.8, 4) is 5.75 Å². The van der Waals surface area contributed by atoms with Gasteiger partial charge in [0.05, 0.1) is 5.02 Å². The number of hydrogen-bond acceptors (Lipinski definition) is 3. The van der Waals surface area contributed by atoms with Crippen molar-refractivity contribution in [2.45, 2.75) is 6.42 Å². The van der Waals surface area contributed by atoms with Crippen molar-refractivity contribution >= 4 is 40.7 Å². The third-order valence-electron chi connectivity index (χ3n) is 3.43. The molecular weight excluding hydrogens is 394 g/mol. The maximum Gasteiger partial charge on any atom is 0.257 e. The lowest BCUT2D eigenvalue weighted by Crippen LogP contribution is -2.30. The van der Waals surface area contributed by atoms with E-state index in [0.29, 0.717) is 16.3 Å². The molecular formula is C19H17Cl2FN2O3. The van der Waals surface area contributed by atoms with Crippen LogP contribution in [0.3, 0.4) is 0 Å². The number of benzene rings is 2. The van der Waals surface area contributed by atoms with Gasteiger partial charge < -0.3 is 15.4 Å². The van der Waals surface area contributed by atoms with Gasteiger partial charge in [0.25, 0.3) is 11.8 Å². The summed E-state index contributed by atoms with van der Waals surface area (Å²) in [6, 6.07) is 10.6. The van der Waals surface area contributed by atoms with Gasteiger partial charge in [0, 0.05) is 28.9 Å². The minimum atomic E-state index is -0.627. The first-order valence-electron chi connectivity index (χ1n) is 7.94. The van der Waals surface area contributed by atoms with Gasteiger partial charge in [0.1, 0.15) is 11.6 Å². The Morgan fingerprint density at radius 3 is 2.48 bits per heavy atom. The van der Waals surface area contributed by atoms with E-state index in [1.54, 1.807) is 24.3 Å². The fraction of sp³-hybridized carbons (Fsp3) is 0.158. The molecule has 2 rings (SSSR count). The van der Waals surface area contributed by atoms with Crippen LogP contribution >= 0.6 is 23.2 Å². The van der Waals surface area contributed by atoms with E-state index in [1.165, 1.54) is 12.1 Å². The quantitative estimate of drug-likeness (QED) is 0.640. The minimum Gasteiger partial charge on any atom is -0.484 e. The van der Waals surface area contributed by atoms with Crippen LogP contribution in [0.1, 0.15) is 6.42 Å². The lowest BCUT2D eigenvalue weighted by atomic mass is 10.2. The number of ether oxygens (including phenoxy) is 1. The SMILES string of the molecule is C=C(CCNC(=O)COc1ccc(Cl)c(F)c1)C(=O)Nc1ccc(Cl)cc1. The largest absolute Gasteiger partial charge is 0.484 e. The highest BCUT2D eigenvalue weighted by atomic mass is 35.5. The van der Waals surface area contributed by atoms with Gasteiger partial charge in [-0.05, 0) is 42.8 Å². The monoisotopic (exact) mass is 410 g/mol. The van der Waals surface area contributed by atoms with Crippen LogP contribution in [0, 0.1) is 5.82 Å². The van der Waals surface area contributed by atoms with E-state index in [-0.39, 0.29) is 36.3 Å². The van der Waals surface area contributed by atoms with E-state index in [1.807, 2.05) is 0 Å². The van der Waals surface area contributed by atoms with Crippen molar-refractivity contribution in [1.29, 1.82) is 0 Å². The number of carbonyl (C=O) groups is 2. The summed E-state index contributed by atoms with van der Waals surface area (Å²) in [4.78, 5) is 23.8. The molecule has 2 N–H and O–H groups in total. The molecule has 0 radical (unpaired) electrons. The first kappa shape index (κ1) is 20.7. The molecule has 0 aliphatic carbocycles. The van der Waals surface area contributed by atoms with Crippen molar-refractivity contribution in [3.05, 3.63) is 70.5 Å². The van der Waals surface area contributed by atoms with Gasteiger partial charge in [-0.25, -0.2) is 4.39 Å². The molecule has 0 atom stereocenters. The van der Waals surface area contributed by atoms with Crippen molar-refractivity contribution in [2.24, 2.45) is 0 Å². The Morgan fingerprint density at radius 1 is 1.11 bits per heavy atom. The van der Waals surface area contributed by atoms with Crippen LogP contribution in [0.2, 0.25) is 10.0 Å². The number of rotatable bonds is 8. The van der Waals surface area contributed by atoms with E-state index >= 15 is 0 Å². The number of amides is 2. The molecule has 27 heavy (non-hydrogen) atoms. The third kappa shape index (κ3) is 6.92. The molecule has 2 amide bonds. The first-order chi connectivity index (χ1) is 12.8. The minimum absolute atomic E-state index is 0.0257. The molecule has 0 fully saturated rings. The molecule has 0 aliphatic heterocycles. The van der Waals surface area contributed by atoms with Gasteiger partial charge >= 0.3 is 0 Å². The molecule has 0 bridgehead atoms. The van der Waals surface area contributed by atoms with E-state index in [4.69, 9.17) is 27.9 Å². The number of anilines is 1. The van der Waals surface area contributed by atoms with Gasteiger partial charge in [0.2, 0.25) is 0 Å². The first-order valence-corrected chi connectivity index (χ1v) is 8.70. The zero-order valence-corrected chi connectivity index (χ0v) is 15.7. The standard InChI is InChI=1S/C19H17Cl2FN2O3/c1-12(19(26)24-14-4-2-13(20)3-5-14)8-9-23-18(25)11-27-15-6-7-16(21)17(22)10-15/h2-7,10H,1,8-9,11H2,(H,23,25)(H,24,26). The van der Waals surface area contributed by atoms with Crippen molar-refractivity contribution in [1.82, 2.24) is 5.32 Å². The molecule has 142 valence electrons. The Balaban J connectivity index is 1.69. The van der Waals surface area contributed by atoms with Gasteiger partial charge in [-0.1, -0.05) is 29.8 Å². The van der Waals surface area contributed by atoms with Crippen LogP contribution in [-0.4, -0.2) is 25.0 Å². The van der Waals surface area contributed by atoms with Gasteiger partial charge in [0.15, 0.2) is 6.61 Å². The topological polar surface area (TPSA) is 67.4 Å².